The van der Waals surface area contributed by atoms with Crippen molar-refractivity contribution in [3.05, 3.63) is 0 Å². The van der Waals surface area contributed by atoms with Crippen molar-refractivity contribution in [3.8, 4) is 0 Å². The molecule has 0 saturated heterocycles. The second kappa shape index (κ2) is 9.28. The fourth-order valence-corrected chi connectivity index (χ4v) is 0.876. The summed E-state index contributed by atoms with van der Waals surface area (Å²) in [5.41, 5.74) is 5.31. The minimum atomic E-state index is -1.21. The van der Waals surface area contributed by atoms with Gasteiger partial charge in [-0.3, -0.25) is 0 Å². The van der Waals surface area contributed by atoms with Crippen molar-refractivity contribution >= 4 is 6.16 Å². The predicted molar refractivity (Wildman–Crippen MR) is 49.8 cm³/mol. The molecule has 0 aromatic heterocycles. The first-order valence-corrected chi connectivity index (χ1v) is 4.54. The molecular weight excluding hydrogens is 172 g/mol. The van der Waals surface area contributed by atoms with Crippen LogP contribution in [0.5, 0.6) is 0 Å². The molecule has 0 saturated carbocycles. The van der Waals surface area contributed by atoms with Crippen LogP contribution < -0.4 is 11.1 Å². The normalized spacial score (nSPS) is 9.92. The first-order chi connectivity index (χ1) is 6.27. The van der Waals surface area contributed by atoms with Gasteiger partial charge in [0.05, 0.1) is 6.61 Å². The molecule has 13 heavy (non-hydrogen) atoms. The van der Waals surface area contributed by atoms with Gasteiger partial charge in [-0.05, 0) is 38.9 Å². The fraction of sp³-hybridized carbons (Fsp3) is 0.875. The summed E-state index contributed by atoms with van der Waals surface area (Å²) in [4.78, 5) is 9.92. The molecule has 0 aliphatic carbocycles. The van der Waals surface area contributed by atoms with Gasteiger partial charge in [0.25, 0.3) is 0 Å². The molecule has 0 aliphatic rings. The highest BCUT2D eigenvalue weighted by molar-refractivity contribution is 5.56. The monoisotopic (exact) mass is 190 g/mol. The average Bonchev–Trinajstić information content (AvgIpc) is 2.09. The SMILES string of the molecule is NCCCCNCCCOC(=O)O. The van der Waals surface area contributed by atoms with Gasteiger partial charge in [0.15, 0.2) is 0 Å². The Morgan fingerprint density at radius 3 is 2.62 bits per heavy atom. The van der Waals surface area contributed by atoms with E-state index in [1.807, 2.05) is 0 Å². The van der Waals surface area contributed by atoms with Gasteiger partial charge in [0, 0.05) is 0 Å². The van der Waals surface area contributed by atoms with Crippen LogP contribution in [0.3, 0.4) is 0 Å². The highest BCUT2D eigenvalue weighted by atomic mass is 16.7. The minimum Gasteiger partial charge on any atom is -0.450 e. The maximum atomic E-state index is 9.92. The lowest BCUT2D eigenvalue weighted by atomic mass is 10.3. The summed E-state index contributed by atoms with van der Waals surface area (Å²) in [5, 5.41) is 11.3. The zero-order valence-corrected chi connectivity index (χ0v) is 7.79. The van der Waals surface area contributed by atoms with Crippen LogP contribution in [0.4, 0.5) is 4.79 Å². The van der Waals surface area contributed by atoms with E-state index in [1.165, 1.54) is 0 Å². The molecule has 0 aliphatic heterocycles. The minimum absolute atomic E-state index is 0.263. The lowest BCUT2D eigenvalue weighted by Gasteiger charge is -2.03. The van der Waals surface area contributed by atoms with Crippen LogP contribution in [0.25, 0.3) is 0 Å². The Labute approximate surface area is 78.3 Å². The second-order valence-corrected chi connectivity index (χ2v) is 2.71. The zero-order chi connectivity index (χ0) is 9.94. The quantitative estimate of drug-likeness (QED) is 0.381. The third-order valence-corrected chi connectivity index (χ3v) is 1.53. The van der Waals surface area contributed by atoms with E-state index in [0.717, 1.165) is 38.9 Å². The molecule has 0 amide bonds. The molecular formula is C8H18N2O3. The summed E-state index contributed by atoms with van der Waals surface area (Å²) < 4.78 is 4.33. The van der Waals surface area contributed by atoms with Crippen molar-refractivity contribution in [1.29, 1.82) is 0 Å². The van der Waals surface area contributed by atoms with Crippen LogP contribution >= 0.6 is 0 Å². The number of nitrogens with one attached hydrogen (secondary N) is 1. The Morgan fingerprint density at radius 2 is 2.00 bits per heavy atom. The van der Waals surface area contributed by atoms with Gasteiger partial charge >= 0.3 is 6.16 Å². The van der Waals surface area contributed by atoms with Crippen LogP contribution in [-0.2, 0) is 4.74 Å². The van der Waals surface area contributed by atoms with Gasteiger partial charge in [-0.1, -0.05) is 0 Å². The Balaban J connectivity index is 2.87. The zero-order valence-electron chi connectivity index (χ0n) is 7.79. The highest BCUT2D eigenvalue weighted by Crippen LogP contribution is 1.84. The number of hydrogen-bond donors (Lipinski definition) is 3. The number of rotatable bonds is 8. The van der Waals surface area contributed by atoms with E-state index < -0.39 is 6.16 Å². The van der Waals surface area contributed by atoms with E-state index in [0.29, 0.717) is 0 Å². The van der Waals surface area contributed by atoms with Gasteiger partial charge in [0.1, 0.15) is 0 Å². The van der Waals surface area contributed by atoms with Crippen molar-refractivity contribution in [2.75, 3.05) is 26.2 Å². The molecule has 0 unspecified atom stereocenters. The molecule has 0 atom stereocenters. The molecule has 0 bridgehead atoms. The van der Waals surface area contributed by atoms with E-state index in [4.69, 9.17) is 10.8 Å². The molecule has 0 heterocycles. The van der Waals surface area contributed by atoms with Crippen molar-refractivity contribution in [2.24, 2.45) is 5.73 Å². The molecule has 0 fully saturated rings. The van der Waals surface area contributed by atoms with Crippen molar-refractivity contribution < 1.29 is 14.6 Å². The molecule has 0 aromatic carbocycles. The van der Waals surface area contributed by atoms with Crippen LogP contribution in [0.15, 0.2) is 0 Å². The lowest BCUT2D eigenvalue weighted by molar-refractivity contribution is 0.0907. The largest absolute Gasteiger partial charge is 0.505 e. The van der Waals surface area contributed by atoms with Crippen molar-refractivity contribution in [3.63, 3.8) is 0 Å². The van der Waals surface area contributed by atoms with Crippen LogP contribution in [0.2, 0.25) is 0 Å². The molecule has 0 spiro atoms. The Kier molecular flexibility index (Phi) is 8.70. The van der Waals surface area contributed by atoms with Crippen LogP contribution in [0, 0.1) is 0 Å². The predicted octanol–water partition coefficient (Wildman–Crippen LogP) is 0.400. The molecule has 0 aromatic rings. The molecule has 78 valence electrons. The molecule has 4 N–H and O–H groups in total. The smallest absolute Gasteiger partial charge is 0.450 e. The van der Waals surface area contributed by atoms with E-state index in [-0.39, 0.29) is 6.61 Å². The second-order valence-electron chi connectivity index (χ2n) is 2.71. The van der Waals surface area contributed by atoms with Crippen molar-refractivity contribution in [1.82, 2.24) is 5.32 Å². The number of nitrogens with two attached hydrogens (primary N) is 1. The first-order valence-electron chi connectivity index (χ1n) is 4.54. The fourth-order valence-electron chi connectivity index (χ4n) is 0.876. The summed E-state index contributed by atoms with van der Waals surface area (Å²) in [6.07, 6.45) is 1.60. The van der Waals surface area contributed by atoms with Gasteiger partial charge in [-0.15, -0.1) is 0 Å². The Hall–Kier alpha value is -0.810. The van der Waals surface area contributed by atoms with E-state index >= 15 is 0 Å². The van der Waals surface area contributed by atoms with Crippen LogP contribution in [-0.4, -0.2) is 37.5 Å². The number of hydrogen-bond acceptors (Lipinski definition) is 4. The molecule has 5 heteroatoms. The van der Waals surface area contributed by atoms with E-state index in [9.17, 15) is 4.79 Å². The Morgan fingerprint density at radius 1 is 1.31 bits per heavy atom. The lowest BCUT2D eigenvalue weighted by Crippen LogP contribution is -2.19. The van der Waals surface area contributed by atoms with Gasteiger partial charge in [-0.2, -0.15) is 0 Å². The average molecular weight is 190 g/mol. The summed E-state index contributed by atoms with van der Waals surface area (Å²) in [6, 6.07) is 0. The van der Waals surface area contributed by atoms with Crippen molar-refractivity contribution in [2.45, 2.75) is 19.3 Å². The molecule has 0 radical (unpaired) electrons. The number of ether oxygens (including phenoxy) is 1. The highest BCUT2D eigenvalue weighted by Gasteiger charge is 1.94. The first kappa shape index (κ1) is 12.2. The van der Waals surface area contributed by atoms with E-state index in [2.05, 4.69) is 10.1 Å². The third-order valence-electron chi connectivity index (χ3n) is 1.53. The standard InChI is InChI=1S/C8H18N2O3/c9-4-1-2-5-10-6-3-7-13-8(11)12/h10H,1-7,9H2,(H,11,12). The molecule has 5 nitrogen and oxygen atoms in total. The third kappa shape index (κ3) is 11.2. The number of unbranched alkanes of at least 4 members (excludes halogenated alkanes) is 1. The van der Waals surface area contributed by atoms with Crippen LogP contribution in [0.1, 0.15) is 19.3 Å². The van der Waals surface area contributed by atoms with Gasteiger partial charge in [0.2, 0.25) is 0 Å². The van der Waals surface area contributed by atoms with Gasteiger partial charge < -0.3 is 20.9 Å². The number of carbonyl (C=O) groups is 1. The topological polar surface area (TPSA) is 84.6 Å². The maximum Gasteiger partial charge on any atom is 0.505 e. The summed E-state index contributed by atoms with van der Waals surface area (Å²) in [7, 11) is 0. The summed E-state index contributed by atoms with van der Waals surface area (Å²) in [6.45, 7) is 2.71. The molecule has 0 rings (SSSR count). The van der Waals surface area contributed by atoms with Gasteiger partial charge in [-0.25, -0.2) is 4.79 Å². The van der Waals surface area contributed by atoms with E-state index in [1.54, 1.807) is 0 Å². The Bertz CT molecular complexity index is 131. The number of carboxylic acid groups (broad SMARTS) is 1. The maximum absolute atomic E-state index is 9.92. The summed E-state index contributed by atoms with van der Waals surface area (Å²) in [5.74, 6) is 0. The summed E-state index contributed by atoms with van der Waals surface area (Å²) >= 11 is 0.